The Morgan fingerprint density at radius 2 is 0.988 bits per heavy atom. The molecule has 0 saturated carbocycles. The summed E-state index contributed by atoms with van der Waals surface area (Å²) in [6.45, 7) is 6.30. The van der Waals surface area contributed by atoms with Gasteiger partial charge < -0.3 is 92.5 Å². The first-order valence-electron chi connectivity index (χ1n) is 29.3. The molecule has 0 aromatic heterocycles. The molecule has 1 fully saturated rings. The lowest BCUT2D eigenvalue weighted by Gasteiger charge is -2.29. The Morgan fingerprint density at radius 1 is 0.553 bits per heavy atom. The molecule has 9 amide bonds. The number of hydrogen-bond donors (Lipinski definition) is 17. The minimum absolute atomic E-state index is 0. The van der Waals surface area contributed by atoms with Gasteiger partial charge in [-0.3, -0.25) is 43.2 Å². The minimum atomic E-state index is -1.57. The van der Waals surface area contributed by atoms with Gasteiger partial charge in [0, 0.05) is 17.9 Å². The average Bonchev–Trinajstić information content (AvgIpc) is 3.66. The van der Waals surface area contributed by atoms with E-state index in [1.54, 1.807) is 30.3 Å². The monoisotopic (exact) mass is 1240 g/mol. The maximum Gasteiger partial charge on any atom is 0.327 e. The van der Waals surface area contributed by atoms with Crippen molar-refractivity contribution in [1.29, 1.82) is 0 Å². The summed E-state index contributed by atoms with van der Waals surface area (Å²) < 4.78 is 0. The molecule has 484 valence electrons. The van der Waals surface area contributed by atoms with E-state index >= 15 is 0 Å². The predicted molar refractivity (Wildman–Crippen MR) is 330 cm³/mol. The van der Waals surface area contributed by atoms with Crippen LogP contribution in [0, 0.1) is 5.92 Å². The Balaban J connectivity index is 0.0000361. The third-order valence-corrected chi connectivity index (χ3v) is 16.2. The van der Waals surface area contributed by atoms with Crippen LogP contribution in [0.25, 0.3) is 0 Å². The number of aliphatic hydroxyl groups excluding tert-OH is 1. The Hall–Kier alpha value is -5.66. The number of benzene rings is 1. The van der Waals surface area contributed by atoms with Crippen molar-refractivity contribution in [3.8, 4) is 0 Å². The van der Waals surface area contributed by atoms with Gasteiger partial charge in [0.25, 0.3) is 0 Å². The summed E-state index contributed by atoms with van der Waals surface area (Å²) in [4.78, 5) is 141. The number of nitrogens with two attached hydrogens (primary N) is 6. The SMILES string of the molecule is C.CC(C)CC1NC(=O)C(Cc2ccccc2)NC(=O)C(CCCCN)NC(=O)C(NC(=O)C(CCCCN)NC(=O)C(NC(=O)C(N)CCCCN)C(C)O)CSSCC(C(=O)O)NC(=O)C(CCCCN)NC(=O)C(CCCCN)NC1=O. The number of carboxylic acids is 1. The number of hydrogen-bond acceptors (Lipinski definition) is 19. The van der Waals surface area contributed by atoms with Gasteiger partial charge in [-0.2, -0.15) is 0 Å². The van der Waals surface area contributed by atoms with Crippen LogP contribution in [0.5, 0.6) is 0 Å². The zero-order valence-electron chi connectivity index (χ0n) is 49.0. The first-order valence-corrected chi connectivity index (χ1v) is 31.8. The highest BCUT2D eigenvalue weighted by Gasteiger charge is 2.37. The van der Waals surface area contributed by atoms with E-state index < -0.39 is 126 Å². The van der Waals surface area contributed by atoms with Crippen molar-refractivity contribution in [3.05, 3.63) is 35.9 Å². The summed E-state index contributed by atoms with van der Waals surface area (Å²) >= 11 is 0. The highest BCUT2D eigenvalue weighted by Crippen LogP contribution is 2.24. The zero-order valence-corrected chi connectivity index (χ0v) is 50.7. The van der Waals surface area contributed by atoms with Crippen molar-refractivity contribution in [2.24, 2.45) is 40.3 Å². The molecule has 1 aliphatic rings. The van der Waals surface area contributed by atoms with E-state index in [1.165, 1.54) is 6.92 Å². The van der Waals surface area contributed by atoms with Gasteiger partial charge >= 0.3 is 5.97 Å². The van der Waals surface area contributed by atoms with E-state index in [1.807, 2.05) is 13.8 Å². The van der Waals surface area contributed by atoms with Gasteiger partial charge in [-0.15, -0.1) is 0 Å². The van der Waals surface area contributed by atoms with Gasteiger partial charge in [0.15, 0.2) is 0 Å². The molecule has 0 aliphatic carbocycles. The standard InChI is InChI=1S/C55H97N15O12S2.CH4/c1-33(2)29-41-51(77)63-37(20-8-13-25-57)47(73)62-39(22-10-15-27-59)50(76)69-44(55(81)82)32-84-83-31-43(53(79)64-38(21-9-14-26-58)48(74)67-42(52(78)66-41)30-35-17-5-4-6-18-35)68-49(75)40(23-11-16-28-60)65-54(80)45(34(3)71)70-46(72)36(61)19-7-12-24-56;/h4-6,17-18,33-34,36-45,71H,7-16,19-32,56-61H2,1-3H3,(H,62,73)(H,63,77)(H,64,79)(H,65,80)(H,66,78)(H,67,74)(H,68,75)(H,69,76)(H,70,72)(H,81,82);1H4. The van der Waals surface area contributed by atoms with E-state index in [4.69, 9.17) is 34.4 Å². The number of rotatable bonds is 32. The van der Waals surface area contributed by atoms with Gasteiger partial charge in [0.2, 0.25) is 53.2 Å². The van der Waals surface area contributed by atoms with Crippen LogP contribution < -0.4 is 82.3 Å². The van der Waals surface area contributed by atoms with Gasteiger partial charge in [0.1, 0.15) is 54.4 Å². The summed E-state index contributed by atoms with van der Waals surface area (Å²) in [6.07, 6.45) is 3.17. The number of amides is 9. The van der Waals surface area contributed by atoms with Crippen LogP contribution in [0.4, 0.5) is 0 Å². The fraction of sp³-hybridized carbons (Fsp3) is 0.714. The second-order valence-corrected chi connectivity index (χ2v) is 24.0. The summed E-state index contributed by atoms with van der Waals surface area (Å²) in [6, 6.07) is -4.82. The third-order valence-electron chi connectivity index (χ3n) is 13.7. The van der Waals surface area contributed by atoms with Gasteiger partial charge in [0.05, 0.1) is 12.1 Å². The van der Waals surface area contributed by atoms with E-state index in [2.05, 4.69) is 47.9 Å². The van der Waals surface area contributed by atoms with Crippen LogP contribution in [0.15, 0.2) is 30.3 Å². The Morgan fingerprint density at radius 3 is 1.48 bits per heavy atom. The Bertz CT molecular complexity index is 2210. The number of aliphatic hydroxyl groups is 1. The normalized spacial score (nSPS) is 22.1. The number of carboxylic acid groups (broad SMARTS) is 1. The number of aliphatic carboxylic acids is 1. The number of carbonyl (C=O) groups excluding carboxylic acids is 9. The Kier molecular flexibility index (Phi) is 39.9. The molecule has 23 N–H and O–H groups in total. The van der Waals surface area contributed by atoms with Crippen LogP contribution >= 0.6 is 21.6 Å². The lowest BCUT2D eigenvalue weighted by atomic mass is 9.99. The van der Waals surface area contributed by atoms with Gasteiger partial charge in [-0.05, 0) is 147 Å². The molecule has 85 heavy (non-hydrogen) atoms. The molecule has 1 aliphatic heterocycles. The van der Waals surface area contributed by atoms with Crippen LogP contribution in [-0.4, -0.2) is 180 Å². The second-order valence-electron chi connectivity index (χ2n) is 21.5. The van der Waals surface area contributed by atoms with E-state index in [-0.39, 0.29) is 96.0 Å². The lowest BCUT2D eigenvalue weighted by molar-refractivity contribution is -0.141. The molecule has 11 unspecified atom stereocenters. The molecule has 1 saturated heterocycles. The average molecular weight is 1240 g/mol. The molecular formula is C56H101N15O12S2. The molecular weight excluding hydrogens is 1140 g/mol. The molecule has 1 heterocycles. The van der Waals surface area contributed by atoms with E-state index in [0.717, 1.165) is 21.6 Å². The molecule has 2 rings (SSSR count). The number of carbonyl (C=O) groups is 10. The largest absolute Gasteiger partial charge is 0.480 e. The predicted octanol–water partition coefficient (Wildman–Crippen LogP) is -1.89. The zero-order chi connectivity index (χ0) is 62.6. The fourth-order valence-electron chi connectivity index (χ4n) is 8.87. The van der Waals surface area contributed by atoms with Crippen molar-refractivity contribution >= 4 is 80.7 Å². The first kappa shape index (κ1) is 77.4. The summed E-state index contributed by atoms with van der Waals surface area (Å²) in [5, 5.41) is 45.1. The number of unbranched alkanes of at least 4 members (excludes halogenated alkanes) is 5. The van der Waals surface area contributed by atoms with E-state index in [0.29, 0.717) is 76.3 Å². The third kappa shape index (κ3) is 30.5. The topological polar surface area (TPSA) is 476 Å². The molecule has 1 aromatic rings. The maximum atomic E-state index is 14.7. The molecule has 29 heteroatoms. The van der Waals surface area contributed by atoms with Crippen molar-refractivity contribution in [2.75, 3.05) is 44.2 Å². The van der Waals surface area contributed by atoms with Crippen molar-refractivity contribution in [3.63, 3.8) is 0 Å². The van der Waals surface area contributed by atoms with E-state index in [9.17, 15) is 58.2 Å². The molecule has 11 atom stereocenters. The minimum Gasteiger partial charge on any atom is -0.480 e. The van der Waals surface area contributed by atoms with Crippen LogP contribution in [-0.2, 0) is 54.4 Å². The molecule has 27 nitrogen and oxygen atoms in total. The maximum absolute atomic E-state index is 14.7. The first-order chi connectivity index (χ1) is 40.1. The van der Waals surface area contributed by atoms with Crippen LogP contribution in [0.2, 0.25) is 0 Å². The highest BCUT2D eigenvalue weighted by molar-refractivity contribution is 8.76. The second kappa shape index (κ2) is 43.9. The van der Waals surface area contributed by atoms with Crippen LogP contribution in [0.1, 0.15) is 136 Å². The highest BCUT2D eigenvalue weighted by atomic mass is 33.1. The molecule has 0 spiro atoms. The number of nitrogens with one attached hydrogen (secondary N) is 9. The smallest absolute Gasteiger partial charge is 0.327 e. The molecule has 1 aromatic carbocycles. The molecule has 0 radical (unpaired) electrons. The lowest BCUT2D eigenvalue weighted by Crippen LogP contribution is -2.61. The molecule has 0 bridgehead atoms. The van der Waals surface area contributed by atoms with Crippen LogP contribution in [0.3, 0.4) is 0 Å². The van der Waals surface area contributed by atoms with Crippen molar-refractivity contribution in [2.45, 2.75) is 204 Å². The Labute approximate surface area is 509 Å². The summed E-state index contributed by atoms with van der Waals surface area (Å²) in [7, 11) is 1.86. The quantitative estimate of drug-likeness (QED) is 0.0277. The summed E-state index contributed by atoms with van der Waals surface area (Å²) in [5.74, 6) is -9.57. The van der Waals surface area contributed by atoms with Crippen molar-refractivity contribution in [1.82, 2.24) is 47.9 Å². The summed E-state index contributed by atoms with van der Waals surface area (Å²) in [5.41, 5.74) is 35.5. The van der Waals surface area contributed by atoms with Crippen molar-refractivity contribution < 1.29 is 58.2 Å². The fourth-order valence-corrected chi connectivity index (χ4v) is 11.2. The van der Waals surface area contributed by atoms with Gasteiger partial charge in [-0.1, -0.05) is 79.6 Å². The van der Waals surface area contributed by atoms with Gasteiger partial charge in [-0.25, -0.2) is 4.79 Å².